The van der Waals surface area contributed by atoms with Gasteiger partial charge in [-0.2, -0.15) is 5.26 Å². The third kappa shape index (κ3) is 2.84. The molecule has 1 aromatic rings. The van der Waals surface area contributed by atoms with Crippen LogP contribution in [0.1, 0.15) is 23.2 Å². The van der Waals surface area contributed by atoms with Crippen molar-refractivity contribution in [3.8, 4) is 6.07 Å². The quantitative estimate of drug-likeness (QED) is 0.588. The number of hydrogen-bond acceptors (Lipinski definition) is 2. The van der Waals surface area contributed by atoms with Crippen molar-refractivity contribution in [2.24, 2.45) is 0 Å². The predicted molar refractivity (Wildman–Crippen MR) is 63.9 cm³/mol. The van der Waals surface area contributed by atoms with Crippen molar-refractivity contribution in [1.82, 2.24) is 4.98 Å². The number of halogens is 4. The Morgan fingerprint density at radius 2 is 2.27 bits per heavy atom. The second-order valence-corrected chi connectivity index (χ2v) is 4.37. The highest BCUT2D eigenvalue weighted by Crippen LogP contribution is 2.28. The third-order valence-electron chi connectivity index (χ3n) is 1.84. The summed E-state index contributed by atoms with van der Waals surface area (Å²) in [6.07, 6.45) is -1.08. The Labute approximate surface area is 108 Å². The molecule has 0 saturated carbocycles. The second-order valence-electron chi connectivity index (χ2n) is 2.73. The van der Waals surface area contributed by atoms with Crippen LogP contribution < -0.4 is 0 Å². The summed E-state index contributed by atoms with van der Waals surface area (Å²) in [6, 6.07) is 1.97. The van der Waals surface area contributed by atoms with Crippen molar-refractivity contribution in [3.05, 3.63) is 26.6 Å². The lowest BCUT2D eigenvalue weighted by atomic mass is 10.1. The number of rotatable bonds is 3. The van der Waals surface area contributed by atoms with Crippen molar-refractivity contribution >= 4 is 38.5 Å². The van der Waals surface area contributed by atoms with Gasteiger partial charge in [-0.15, -0.1) is 0 Å². The predicted octanol–water partition coefficient (Wildman–Crippen LogP) is 3.58. The minimum absolute atomic E-state index is 0.126. The highest BCUT2D eigenvalue weighted by atomic mass is 127. The first-order valence-electron chi connectivity index (χ1n) is 3.99. The Kier molecular flexibility index (Phi) is 4.86. The van der Waals surface area contributed by atoms with Crippen LogP contribution in [0.5, 0.6) is 0 Å². The molecule has 0 aliphatic rings. The van der Waals surface area contributed by atoms with E-state index in [1.807, 2.05) is 28.7 Å². The standard InChI is InChI=1S/C9H6BrF2IN2/c10-3-5-4-15-8(9(11)12)7(13)6(5)1-2-14/h4,9H,1,3H2. The molecule has 0 aliphatic carbocycles. The molecule has 1 aromatic heterocycles. The topological polar surface area (TPSA) is 36.7 Å². The molecule has 6 heteroatoms. The fourth-order valence-electron chi connectivity index (χ4n) is 1.12. The zero-order valence-corrected chi connectivity index (χ0v) is 11.2. The number of pyridine rings is 1. The SMILES string of the molecule is N#CCc1c(CBr)cnc(C(F)F)c1I. The average Bonchev–Trinajstić information content (AvgIpc) is 2.20. The van der Waals surface area contributed by atoms with Crippen molar-refractivity contribution < 1.29 is 8.78 Å². The van der Waals surface area contributed by atoms with E-state index in [0.29, 0.717) is 14.5 Å². The lowest BCUT2D eigenvalue weighted by molar-refractivity contribution is 0.145. The van der Waals surface area contributed by atoms with Gasteiger partial charge < -0.3 is 0 Å². The molecule has 0 bridgehead atoms. The molecule has 1 rings (SSSR count). The Bertz CT molecular complexity index is 404. The summed E-state index contributed by atoms with van der Waals surface area (Å²) in [5, 5.41) is 9.13. The maximum absolute atomic E-state index is 12.5. The van der Waals surface area contributed by atoms with Crippen LogP contribution in [-0.2, 0) is 11.8 Å². The Balaban J connectivity index is 3.30. The van der Waals surface area contributed by atoms with Gasteiger partial charge in [0.25, 0.3) is 6.43 Å². The molecule has 0 saturated heterocycles. The van der Waals surface area contributed by atoms with Gasteiger partial charge in [0.2, 0.25) is 0 Å². The summed E-state index contributed by atoms with van der Waals surface area (Å²) in [4.78, 5) is 3.69. The van der Waals surface area contributed by atoms with Gasteiger partial charge in [0.05, 0.1) is 12.5 Å². The van der Waals surface area contributed by atoms with Crippen molar-refractivity contribution in [2.75, 3.05) is 0 Å². The maximum atomic E-state index is 12.5. The smallest absolute Gasteiger partial charge is 0.254 e. The minimum Gasteiger partial charge on any atom is -0.254 e. The molecule has 0 atom stereocenters. The zero-order valence-electron chi connectivity index (χ0n) is 7.48. The Morgan fingerprint density at radius 1 is 1.60 bits per heavy atom. The average molecular weight is 387 g/mol. The third-order valence-corrected chi connectivity index (χ3v) is 3.65. The molecule has 0 amide bonds. The zero-order chi connectivity index (χ0) is 11.4. The largest absolute Gasteiger partial charge is 0.281 e. The van der Waals surface area contributed by atoms with Gasteiger partial charge in [-0.05, 0) is 33.7 Å². The van der Waals surface area contributed by atoms with Crippen LogP contribution in [0.2, 0.25) is 0 Å². The van der Waals surface area contributed by atoms with Crippen LogP contribution >= 0.6 is 38.5 Å². The fraction of sp³-hybridized carbons (Fsp3) is 0.333. The van der Waals surface area contributed by atoms with Crippen LogP contribution in [-0.4, -0.2) is 4.98 Å². The maximum Gasteiger partial charge on any atom is 0.281 e. The molecule has 1 heterocycles. The van der Waals surface area contributed by atoms with Gasteiger partial charge in [0.1, 0.15) is 5.69 Å². The van der Waals surface area contributed by atoms with E-state index in [0.717, 1.165) is 5.56 Å². The van der Waals surface area contributed by atoms with E-state index in [1.165, 1.54) is 6.20 Å². The Hall–Kier alpha value is -0.290. The highest BCUT2D eigenvalue weighted by molar-refractivity contribution is 14.1. The number of aromatic nitrogens is 1. The van der Waals surface area contributed by atoms with Gasteiger partial charge in [-0.25, -0.2) is 8.78 Å². The molecule has 0 radical (unpaired) electrons. The molecule has 15 heavy (non-hydrogen) atoms. The van der Waals surface area contributed by atoms with Crippen molar-refractivity contribution in [3.63, 3.8) is 0 Å². The van der Waals surface area contributed by atoms with Gasteiger partial charge >= 0.3 is 0 Å². The molecular weight excluding hydrogens is 381 g/mol. The normalized spacial score (nSPS) is 10.4. The van der Waals surface area contributed by atoms with Crippen LogP contribution in [0.25, 0.3) is 0 Å². The first-order valence-corrected chi connectivity index (χ1v) is 6.19. The molecule has 2 nitrogen and oxygen atoms in total. The van der Waals surface area contributed by atoms with E-state index in [4.69, 9.17) is 5.26 Å². The number of nitrogens with zero attached hydrogens (tertiary/aromatic N) is 2. The summed E-state index contributed by atoms with van der Waals surface area (Å²) in [7, 11) is 0. The van der Waals surface area contributed by atoms with E-state index in [1.54, 1.807) is 0 Å². The van der Waals surface area contributed by atoms with E-state index < -0.39 is 6.43 Å². The first kappa shape index (κ1) is 12.8. The summed E-state index contributed by atoms with van der Waals surface area (Å²) in [5.41, 5.74) is 1.18. The van der Waals surface area contributed by atoms with E-state index >= 15 is 0 Å². The van der Waals surface area contributed by atoms with E-state index in [-0.39, 0.29) is 12.1 Å². The number of hydrogen-bond donors (Lipinski definition) is 0. The molecule has 0 aliphatic heterocycles. The summed E-state index contributed by atoms with van der Waals surface area (Å²) < 4.78 is 25.4. The van der Waals surface area contributed by atoms with E-state index in [9.17, 15) is 8.78 Å². The Morgan fingerprint density at radius 3 is 2.73 bits per heavy atom. The minimum atomic E-state index is -2.60. The first-order chi connectivity index (χ1) is 7.11. The van der Waals surface area contributed by atoms with Gasteiger partial charge in [-0.1, -0.05) is 15.9 Å². The summed E-state index contributed by atoms with van der Waals surface area (Å²) >= 11 is 5.05. The monoisotopic (exact) mass is 386 g/mol. The lowest BCUT2D eigenvalue weighted by Crippen LogP contribution is -2.03. The molecule has 0 spiro atoms. The molecule has 0 unspecified atom stereocenters. The van der Waals surface area contributed by atoms with Crippen LogP contribution in [0.15, 0.2) is 6.20 Å². The van der Waals surface area contributed by atoms with Gasteiger partial charge in [0, 0.05) is 15.1 Å². The molecule has 0 fully saturated rings. The molecular formula is C9H6BrF2IN2. The van der Waals surface area contributed by atoms with Crippen molar-refractivity contribution in [1.29, 1.82) is 5.26 Å². The molecule has 0 N–H and O–H groups in total. The van der Waals surface area contributed by atoms with Gasteiger partial charge in [0.15, 0.2) is 0 Å². The van der Waals surface area contributed by atoms with Crippen LogP contribution in [0.4, 0.5) is 8.78 Å². The van der Waals surface area contributed by atoms with Crippen LogP contribution in [0.3, 0.4) is 0 Å². The molecule has 80 valence electrons. The second kappa shape index (κ2) is 5.70. The van der Waals surface area contributed by atoms with Gasteiger partial charge in [-0.3, -0.25) is 4.98 Å². The highest BCUT2D eigenvalue weighted by Gasteiger charge is 2.18. The summed E-state index contributed by atoms with van der Waals surface area (Å²) in [6.45, 7) is 0. The lowest BCUT2D eigenvalue weighted by Gasteiger charge is -2.10. The fourth-order valence-corrected chi connectivity index (χ4v) is 2.51. The molecule has 0 aromatic carbocycles. The van der Waals surface area contributed by atoms with Crippen molar-refractivity contribution in [2.45, 2.75) is 18.2 Å². The van der Waals surface area contributed by atoms with Crippen LogP contribution in [0, 0.1) is 14.9 Å². The number of alkyl halides is 3. The van der Waals surface area contributed by atoms with E-state index in [2.05, 4.69) is 20.9 Å². The summed E-state index contributed by atoms with van der Waals surface area (Å²) in [5.74, 6) is 0. The number of nitriles is 1.